The molecule has 1 aromatic rings. The molecule has 0 atom stereocenters. The van der Waals surface area contributed by atoms with Crippen LogP contribution >= 0.6 is 0 Å². The highest BCUT2D eigenvalue weighted by atomic mass is 16.6. The molecular weight excluding hydrogens is 178 g/mol. The highest BCUT2D eigenvalue weighted by Gasteiger charge is 2.10. The van der Waals surface area contributed by atoms with E-state index in [1.807, 2.05) is 27.7 Å². The topological polar surface area (TPSA) is 47.4 Å². The lowest BCUT2D eigenvalue weighted by atomic mass is 10.2. The summed E-state index contributed by atoms with van der Waals surface area (Å²) in [4.78, 5) is 13.1. The van der Waals surface area contributed by atoms with E-state index < -0.39 is 0 Å². The first kappa shape index (κ1) is 10.6. The molecule has 75 valence electrons. The maximum absolute atomic E-state index is 5.26. The Kier molecular flexibility index (Phi) is 3.17. The largest absolute Gasteiger partial charge is 0.390 e. The monoisotopic (exact) mass is 192 g/mol. The molecule has 0 bridgehead atoms. The number of hydrogen-bond donors (Lipinski definition) is 0. The second kappa shape index (κ2) is 4.17. The Hall–Kier alpha value is -1.45. The van der Waals surface area contributed by atoms with Crippen molar-refractivity contribution in [1.82, 2.24) is 9.97 Å². The van der Waals surface area contributed by atoms with Gasteiger partial charge in [0.15, 0.2) is 0 Å². The zero-order valence-electron chi connectivity index (χ0n) is 8.90. The molecule has 0 aromatic carbocycles. The van der Waals surface area contributed by atoms with Crippen LogP contribution in [-0.4, -0.2) is 21.3 Å². The van der Waals surface area contributed by atoms with Gasteiger partial charge in [-0.15, -0.1) is 0 Å². The third-order valence-corrected chi connectivity index (χ3v) is 1.35. The summed E-state index contributed by atoms with van der Waals surface area (Å²) in [7, 11) is 0. The molecule has 1 aromatic heterocycles. The van der Waals surface area contributed by atoms with Gasteiger partial charge in [0.05, 0.1) is 12.4 Å². The Balaban J connectivity index is 2.71. The Morgan fingerprint density at radius 2 is 2.21 bits per heavy atom. The van der Waals surface area contributed by atoms with Gasteiger partial charge in [-0.2, -0.15) is 0 Å². The first-order chi connectivity index (χ1) is 6.49. The first-order valence-electron chi connectivity index (χ1n) is 4.40. The van der Waals surface area contributed by atoms with Crippen LogP contribution in [-0.2, 0) is 4.84 Å². The van der Waals surface area contributed by atoms with E-state index >= 15 is 0 Å². The molecule has 0 spiro atoms. The van der Waals surface area contributed by atoms with Gasteiger partial charge in [-0.3, -0.25) is 9.97 Å². The molecule has 0 fully saturated rings. The minimum Gasteiger partial charge on any atom is -0.390 e. The van der Waals surface area contributed by atoms with Crippen LogP contribution in [0.25, 0.3) is 0 Å². The number of nitrogens with zero attached hydrogens (tertiary/aromatic N) is 3. The van der Waals surface area contributed by atoms with E-state index in [9.17, 15) is 0 Å². The number of aromatic nitrogens is 2. The molecule has 1 heterocycles. The first-order valence-corrected chi connectivity index (χ1v) is 4.40. The van der Waals surface area contributed by atoms with Crippen LogP contribution in [0.15, 0.2) is 17.5 Å². The summed E-state index contributed by atoms with van der Waals surface area (Å²) < 4.78 is 0. The van der Waals surface area contributed by atoms with E-state index in [1.165, 1.54) is 6.20 Å². The van der Waals surface area contributed by atoms with Gasteiger partial charge in [-0.1, -0.05) is 5.16 Å². The van der Waals surface area contributed by atoms with Gasteiger partial charge >= 0.3 is 0 Å². The van der Waals surface area contributed by atoms with Crippen molar-refractivity contribution in [3.63, 3.8) is 0 Å². The van der Waals surface area contributed by atoms with E-state index in [-0.39, 0.29) is 5.60 Å². The molecule has 0 unspecified atom stereocenters. The lowest BCUT2D eigenvalue weighted by Gasteiger charge is -2.15. The van der Waals surface area contributed by atoms with Crippen molar-refractivity contribution in [3.8, 4) is 0 Å². The van der Waals surface area contributed by atoms with Crippen molar-refractivity contribution in [2.24, 2.45) is 5.16 Å². The molecule has 1 rings (SSSR count). The SMILES string of the molecule is C/C(=N\OC(C)(C)C)c1cn[c]cn1. The predicted octanol–water partition coefficient (Wildman–Crippen LogP) is 1.82. The molecule has 0 saturated carbocycles. The van der Waals surface area contributed by atoms with Crippen molar-refractivity contribution in [2.75, 3.05) is 0 Å². The molecule has 0 aliphatic heterocycles. The van der Waals surface area contributed by atoms with E-state index in [4.69, 9.17) is 4.84 Å². The van der Waals surface area contributed by atoms with Crippen molar-refractivity contribution in [2.45, 2.75) is 33.3 Å². The Morgan fingerprint density at radius 1 is 1.50 bits per heavy atom. The van der Waals surface area contributed by atoms with Crippen LogP contribution in [0, 0.1) is 6.20 Å². The summed E-state index contributed by atoms with van der Waals surface area (Å²) in [6.07, 6.45) is 5.71. The summed E-state index contributed by atoms with van der Waals surface area (Å²) in [5.41, 5.74) is 1.13. The van der Waals surface area contributed by atoms with Gasteiger partial charge < -0.3 is 4.84 Å². The van der Waals surface area contributed by atoms with Gasteiger partial charge in [-0.05, 0) is 27.7 Å². The Bertz CT molecular complexity index is 314. The van der Waals surface area contributed by atoms with E-state index in [1.54, 1.807) is 6.20 Å². The lowest BCUT2D eigenvalue weighted by molar-refractivity contribution is 0.000916. The maximum Gasteiger partial charge on any atom is 0.129 e. The smallest absolute Gasteiger partial charge is 0.129 e. The maximum atomic E-state index is 5.26. The molecule has 4 nitrogen and oxygen atoms in total. The summed E-state index contributed by atoms with van der Waals surface area (Å²) in [6.45, 7) is 7.65. The highest BCUT2D eigenvalue weighted by molar-refractivity contribution is 5.96. The van der Waals surface area contributed by atoms with Gasteiger partial charge in [0.25, 0.3) is 0 Å². The van der Waals surface area contributed by atoms with Gasteiger partial charge in [0.2, 0.25) is 0 Å². The van der Waals surface area contributed by atoms with Gasteiger partial charge in [-0.25, -0.2) is 0 Å². The molecule has 0 aliphatic rings. The molecule has 0 saturated heterocycles. The fourth-order valence-corrected chi connectivity index (χ4v) is 0.702. The summed E-state index contributed by atoms with van der Waals surface area (Å²) in [5, 5.41) is 3.97. The van der Waals surface area contributed by atoms with Crippen molar-refractivity contribution >= 4 is 5.71 Å². The van der Waals surface area contributed by atoms with Crippen LogP contribution in [0.2, 0.25) is 0 Å². The molecular formula is C10H14N3O. The van der Waals surface area contributed by atoms with Crippen LogP contribution in [0.5, 0.6) is 0 Å². The average Bonchev–Trinajstić information content (AvgIpc) is 2.14. The van der Waals surface area contributed by atoms with Gasteiger partial charge in [0.1, 0.15) is 23.2 Å². The van der Waals surface area contributed by atoms with E-state index in [0.717, 1.165) is 0 Å². The minimum absolute atomic E-state index is 0.282. The zero-order chi connectivity index (χ0) is 10.6. The van der Waals surface area contributed by atoms with E-state index in [0.29, 0.717) is 11.4 Å². The van der Waals surface area contributed by atoms with Gasteiger partial charge in [0, 0.05) is 0 Å². The van der Waals surface area contributed by atoms with Crippen molar-refractivity contribution in [3.05, 3.63) is 24.3 Å². The quantitative estimate of drug-likeness (QED) is 0.530. The molecule has 1 radical (unpaired) electrons. The molecule has 0 aliphatic carbocycles. The zero-order valence-corrected chi connectivity index (χ0v) is 8.90. The third kappa shape index (κ3) is 3.51. The van der Waals surface area contributed by atoms with Crippen LogP contribution in [0.1, 0.15) is 33.4 Å². The molecule has 4 heteroatoms. The Morgan fingerprint density at radius 3 is 2.71 bits per heavy atom. The van der Waals surface area contributed by atoms with Crippen LogP contribution in [0.4, 0.5) is 0 Å². The van der Waals surface area contributed by atoms with Crippen molar-refractivity contribution in [1.29, 1.82) is 0 Å². The fraction of sp³-hybridized carbons (Fsp3) is 0.500. The molecule has 0 amide bonds. The Labute approximate surface area is 84.0 Å². The minimum atomic E-state index is -0.282. The summed E-state index contributed by atoms with van der Waals surface area (Å²) >= 11 is 0. The molecule has 0 N–H and O–H groups in total. The fourth-order valence-electron chi connectivity index (χ4n) is 0.702. The third-order valence-electron chi connectivity index (χ3n) is 1.35. The van der Waals surface area contributed by atoms with E-state index in [2.05, 4.69) is 21.3 Å². The number of hydrogen-bond acceptors (Lipinski definition) is 4. The predicted molar refractivity (Wildman–Crippen MR) is 53.9 cm³/mol. The van der Waals surface area contributed by atoms with Crippen molar-refractivity contribution < 1.29 is 4.84 Å². The summed E-state index contributed by atoms with van der Waals surface area (Å²) in [5.74, 6) is 0. The normalized spacial score (nSPS) is 12.7. The lowest BCUT2D eigenvalue weighted by Crippen LogP contribution is -2.16. The number of rotatable bonds is 2. The average molecular weight is 192 g/mol. The van der Waals surface area contributed by atoms with Crippen LogP contribution in [0.3, 0.4) is 0 Å². The number of oxime groups is 1. The molecule has 14 heavy (non-hydrogen) atoms. The van der Waals surface area contributed by atoms with Crippen LogP contribution < -0.4 is 0 Å². The standard InChI is InChI=1S/C10H14N3O/c1-8(13-14-10(2,3)4)9-7-11-5-6-12-9/h6-7H,1-4H3/b13-8+. The second-order valence-electron chi connectivity index (χ2n) is 3.91. The highest BCUT2D eigenvalue weighted by Crippen LogP contribution is 2.07. The second-order valence-corrected chi connectivity index (χ2v) is 3.91. The summed E-state index contributed by atoms with van der Waals surface area (Å²) in [6, 6.07) is 0.